The molecule has 0 aliphatic carbocycles. The fourth-order valence-electron chi connectivity index (χ4n) is 2.37. The minimum Gasteiger partial charge on any atom is -0.396 e. The summed E-state index contributed by atoms with van der Waals surface area (Å²) in [4.78, 5) is 0.289. The predicted octanol–water partition coefficient (Wildman–Crippen LogP) is 2.64. The maximum Gasteiger partial charge on any atom is 0.242 e. The lowest BCUT2D eigenvalue weighted by Gasteiger charge is -2.17. The van der Waals surface area contributed by atoms with Crippen LogP contribution in [0, 0.1) is 0 Å². The van der Waals surface area contributed by atoms with Gasteiger partial charge in [-0.1, -0.05) is 24.3 Å². The minimum absolute atomic E-state index is 0.0461. The van der Waals surface area contributed by atoms with Crippen molar-refractivity contribution >= 4 is 15.7 Å². The summed E-state index contributed by atoms with van der Waals surface area (Å²) >= 11 is 0. The lowest BCUT2D eigenvalue weighted by atomic mass is 10.1. The number of nitrogens with zero attached hydrogens (tertiary/aromatic N) is 1. The Kier molecular flexibility index (Phi) is 5.99. The fraction of sp³-hybridized carbons (Fsp3) is 0.333. The van der Waals surface area contributed by atoms with Gasteiger partial charge >= 0.3 is 0 Å². The second kappa shape index (κ2) is 7.79. The molecule has 0 bridgehead atoms. The summed E-state index contributed by atoms with van der Waals surface area (Å²) in [5.74, 6) is 0. The Morgan fingerprint density at radius 1 is 1.04 bits per heavy atom. The second-order valence-corrected chi connectivity index (χ2v) is 8.04. The van der Waals surface area contributed by atoms with Gasteiger partial charge in [-0.05, 0) is 48.7 Å². The van der Waals surface area contributed by atoms with E-state index in [9.17, 15) is 8.42 Å². The molecule has 0 aliphatic rings. The zero-order valence-corrected chi connectivity index (χ0v) is 15.0. The van der Waals surface area contributed by atoms with Crippen LogP contribution in [0.2, 0.25) is 0 Å². The van der Waals surface area contributed by atoms with E-state index in [0.717, 1.165) is 16.8 Å². The van der Waals surface area contributed by atoms with E-state index in [1.165, 1.54) is 18.4 Å². The number of benzene rings is 2. The van der Waals surface area contributed by atoms with Gasteiger partial charge in [-0.2, -0.15) is 0 Å². The van der Waals surface area contributed by atoms with E-state index < -0.39 is 10.0 Å². The van der Waals surface area contributed by atoms with Crippen LogP contribution in [0.15, 0.2) is 53.4 Å². The Labute approximate surface area is 144 Å². The van der Waals surface area contributed by atoms with Gasteiger partial charge in [0.05, 0.1) is 4.90 Å². The number of nitrogens with one attached hydrogen (secondary N) is 1. The topological polar surface area (TPSA) is 69.6 Å². The number of aliphatic hydroxyl groups excluding tert-OH is 1. The van der Waals surface area contributed by atoms with Crippen molar-refractivity contribution in [3.05, 3.63) is 59.7 Å². The molecular formula is C18H24N2O3S. The van der Waals surface area contributed by atoms with Gasteiger partial charge in [0.2, 0.25) is 10.0 Å². The summed E-state index contributed by atoms with van der Waals surface area (Å²) in [6.07, 6.45) is 0.650. The van der Waals surface area contributed by atoms with E-state index in [1.54, 1.807) is 12.1 Å². The first kappa shape index (κ1) is 18.4. The maximum absolute atomic E-state index is 12.1. The molecule has 2 aromatic rings. The molecular weight excluding hydrogens is 324 g/mol. The molecule has 1 atom stereocenters. The third-order valence-electron chi connectivity index (χ3n) is 3.90. The van der Waals surface area contributed by atoms with Crippen molar-refractivity contribution in [1.29, 1.82) is 0 Å². The molecule has 2 aromatic carbocycles. The Morgan fingerprint density at radius 2 is 1.62 bits per heavy atom. The molecule has 0 spiro atoms. The van der Waals surface area contributed by atoms with Crippen LogP contribution in [-0.2, 0) is 16.4 Å². The van der Waals surface area contributed by atoms with Gasteiger partial charge in [-0.3, -0.25) is 0 Å². The van der Waals surface area contributed by atoms with Crippen molar-refractivity contribution in [2.45, 2.75) is 24.3 Å². The highest BCUT2D eigenvalue weighted by Crippen LogP contribution is 2.22. The first-order valence-corrected chi connectivity index (χ1v) is 9.27. The van der Waals surface area contributed by atoms with E-state index in [1.807, 2.05) is 43.3 Å². The lowest BCUT2D eigenvalue weighted by Crippen LogP contribution is -2.22. The quantitative estimate of drug-likeness (QED) is 0.807. The summed E-state index contributed by atoms with van der Waals surface area (Å²) in [6, 6.07) is 14.9. The molecule has 1 unspecified atom stereocenters. The summed E-state index contributed by atoms with van der Waals surface area (Å²) < 4.78 is 25.4. The van der Waals surface area contributed by atoms with Crippen molar-refractivity contribution in [3.8, 4) is 0 Å². The Hall–Kier alpha value is -1.89. The molecule has 6 heteroatoms. The summed E-state index contributed by atoms with van der Waals surface area (Å²) in [5, 5.41) is 12.3. The molecule has 130 valence electrons. The smallest absolute Gasteiger partial charge is 0.242 e. The van der Waals surface area contributed by atoms with Crippen LogP contribution in [0.3, 0.4) is 0 Å². The molecule has 0 saturated heterocycles. The largest absolute Gasteiger partial charge is 0.396 e. The van der Waals surface area contributed by atoms with Gasteiger partial charge in [-0.25, -0.2) is 12.7 Å². The van der Waals surface area contributed by atoms with E-state index in [4.69, 9.17) is 5.11 Å². The Morgan fingerprint density at radius 3 is 2.12 bits per heavy atom. The molecule has 0 heterocycles. The number of hydrogen-bond donors (Lipinski definition) is 2. The van der Waals surface area contributed by atoms with E-state index in [0.29, 0.717) is 6.42 Å². The average Bonchev–Trinajstić information content (AvgIpc) is 2.57. The zero-order chi connectivity index (χ0) is 17.7. The number of anilines is 1. The van der Waals surface area contributed by atoms with Crippen LogP contribution in [0.25, 0.3) is 0 Å². The summed E-state index contributed by atoms with van der Waals surface area (Å²) in [6.45, 7) is 2.17. The highest BCUT2D eigenvalue weighted by atomic mass is 32.2. The van der Waals surface area contributed by atoms with Crippen LogP contribution in [0.1, 0.15) is 24.1 Å². The fourth-order valence-corrected chi connectivity index (χ4v) is 3.27. The summed E-state index contributed by atoms with van der Waals surface area (Å²) in [5.41, 5.74) is 3.08. The number of sulfonamides is 1. The molecule has 0 radical (unpaired) electrons. The summed E-state index contributed by atoms with van der Waals surface area (Å²) in [7, 11) is -0.353. The molecule has 5 nitrogen and oxygen atoms in total. The van der Waals surface area contributed by atoms with Crippen LogP contribution in [0.4, 0.5) is 5.69 Å². The number of aliphatic hydroxyl groups is 1. The van der Waals surface area contributed by atoms with Gasteiger partial charge in [-0.15, -0.1) is 0 Å². The molecule has 0 aliphatic heterocycles. The van der Waals surface area contributed by atoms with Crippen molar-refractivity contribution in [2.75, 3.05) is 26.0 Å². The molecule has 24 heavy (non-hydrogen) atoms. The van der Waals surface area contributed by atoms with Crippen LogP contribution in [-0.4, -0.2) is 38.5 Å². The van der Waals surface area contributed by atoms with Crippen molar-refractivity contribution < 1.29 is 13.5 Å². The highest BCUT2D eigenvalue weighted by molar-refractivity contribution is 7.89. The van der Waals surface area contributed by atoms with Gasteiger partial charge in [0, 0.05) is 32.4 Å². The highest BCUT2D eigenvalue weighted by Gasteiger charge is 2.17. The first-order valence-electron chi connectivity index (χ1n) is 7.83. The number of rotatable bonds is 7. The van der Waals surface area contributed by atoms with Crippen molar-refractivity contribution in [2.24, 2.45) is 0 Å². The Bertz CT molecular complexity index is 754. The SMILES string of the molecule is CC(Nc1ccc(CCO)cc1)c1ccc(S(=O)(=O)N(C)C)cc1. The zero-order valence-electron chi connectivity index (χ0n) is 14.2. The van der Waals surface area contributed by atoms with E-state index in [-0.39, 0.29) is 17.5 Å². The monoisotopic (exact) mass is 348 g/mol. The van der Waals surface area contributed by atoms with Crippen LogP contribution in [0.5, 0.6) is 0 Å². The maximum atomic E-state index is 12.1. The minimum atomic E-state index is -3.40. The van der Waals surface area contributed by atoms with Crippen molar-refractivity contribution in [1.82, 2.24) is 4.31 Å². The standard InChI is InChI=1S/C18H24N2O3S/c1-14(19-17-8-4-15(5-9-17)12-13-21)16-6-10-18(11-7-16)24(22,23)20(2)3/h4-11,14,19,21H,12-13H2,1-3H3. The molecule has 2 rings (SSSR count). The van der Waals surface area contributed by atoms with Gasteiger partial charge in [0.15, 0.2) is 0 Å². The normalized spacial score (nSPS) is 13.0. The second-order valence-electron chi connectivity index (χ2n) is 5.89. The van der Waals surface area contributed by atoms with Crippen molar-refractivity contribution in [3.63, 3.8) is 0 Å². The molecule has 2 N–H and O–H groups in total. The number of hydrogen-bond acceptors (Lipinski definition) is 4. The third-order valence-corrected chi connectivity index (χ3v) is 5.73. The molecule has 0 amide bonds. The average molecular weight is 348 g/mol. The van der Waals surface area contributed by atoms with Gasteiger partial charge in [0.1, 0.15) is 0 Å². The van der Waals surface area contributed by atoms with Crippen LogP contribution >= 0.6 is 0 Å². The van der Waals surface area contributed by atoms with Gasteiger partial charge in [0.25, 0.3) is 0 Å². The van der Waals surface area contributed by atoms with Crippen LogP contribution < -0.4 is 5.32 Å². The van der Waals surface area contributed by atoms with E-state index in [2.05, 4.69) is 5.32 Å². The lowest BCUT2D eigenvalue weighted by molar-refractivity contribution is 0.299. The molecule has 0 saturated carbocycles. The molecule has 0 aromatic heterocycles. The Balaban J connectivity index is 2.08. The predicted molar refractivity (Wildman–Crippen MR) is 96.6 cm³/mol. The first-order chi connectivity index (χ1) is 11.3. The third kappa shape index (κ3) is 4.35. The van der Waals surface area contributed by atoms with Gasteiger partial charge < -0.3 is 10.4 Å². The van der Waals surface area contributed by atoms with E-state index >= 15 is 0 Å². The molecule has 0 fully saturated rings.